The zero-order chi connectivity index (χ0) is 12.6. The highest BCUT2D eigenvalue weighted by atomic mass is 35.5. The molecule has 0 fully saturated rings. The highest BCUT2D eigenvalue weighted by Gasteiger charge is 2.21. The highest BCUT2D eigenvalue weighted by Crippen LogP contribution is 2.31. The monoisotopic (exact) mass is 288 g/mol. The Morgan fingerprint density at radius 3 is 2.24 bits per heavy atom. The van der Waals surface area contributed by atoms with Crippen LogP contribution in [0.2, 0.25) is 15.1 Å². The summed E-state index contributed by atoms with van der Waals surface area (Å²) in [6, 6.07) is 4.64. The van der Waals surface area contributed by atoms with Gasteiger partial charge in [-0.05, 0) is 30.7 Å². The van der Waals surface area contributed by atoms with Crippen LogP contribution in [0.3, 0.4) is 0 Å². The third kappa shape index (κ3) is 2.34. The van der Waals surface area contributed by atoms with E-state index in [4.69, 9.17) is 39.2 Å². The van der Waals surface area contributed by atoms with Gasteiger partial charge in [-0.15, -0.1) is 0 Å². The summed E-state index contributed by atoms with van der Waals surface area (Å²) in [5, 5.41) is 0.805. The molecule has 0 radical (unpaired) electrons. The van der Waals surface area contributed by atoms with E-state index in [9.17, 15) is 4.79 Å². The molecule has 0 amide bonds. The summed E-state index contributed by atoms with van der Waals surface area (Å²) in [6.45, 7) is 1.77. The van der Waals surface area contributed by atoms with Crippen molar-refractivity contribution in [2.45, 2.75) is 6.92 Å². The first-order valence-electron chi connectivity index (χ1n) is 4.74. The van der Waals surface area contributed by atoms with Gasteiger partial charge in [0.15, 0.2) is 5.76 Å². The Kier molecular flexibility index (Phi) is 3.48. The Balaban J connectivity index is 2.56. The molecule has 5 heteroatoms. The Morgan fingerprint density at radius 2 is 1.76 bits per heavy atom. The number of rotatable bonds is 2. The van der Waals surface area contributed by atoms with Crippen molar-refractivity contribution in [2.75, 3.05) is 0 Å². The van der Waals surface area contributed by atoms with Crippen LogP contribution in [-0.2, 0) is 0 Å². The molecule has 0 aliphatic heterocycles. The van der Waals surface area contributed by atoms with Crippen LogP contribution in [-0.4, -0.2) is 5.78 Å². The molecule has 0 atom stereocenters. The molecule has 1 aromatic heterocycles. The van der Waals surface area contributed by atoms with E-state index in [-0.39, 0.29) is 27.2 Å². The lowest BCUT2D eigenvalue weighted by Gasteiger charge is -2.05. The summed E-state index contributed by atoms with van der Waals surface area (Å²) in [5.41, 5.74) is 0.938. The van der Waals surface area contributed by atoms with Gasteiger partial charge in [0.25, 0.3) is 0 Å². The SMILES string of the molecule is Cc1ccoc1C(=O)c1c(Cl)cc(Cl)cc1Cl. The molecule has 1 aromatic carbocycles. The molecule has 2 nitrogen and oxygen atoms in total. The maximum absolute atomic E-state index is 12.2. The van der Waals surface area contributed by atoms with Gasteiger partial charge in [0, 0.05) is 5.02 Å². The van der Waals surface area contributed by atoms with Crippen LogP contribution < -0.4 is 0 Å². The van der Waals surface area contributed by atoms with Crippen LogP contribution in [0, 0.1) is 6.92 Å². The number of halogens is 3. The number of hydrogen-bond donors (Lipinski definition) is 0. The second-order valence-corrected chi connectivity index (χ2v) is 4.76. The topological polar surface area (TPSA) is 30.2 Å². The van der Waals surface area contributed by atoms with E-state index >= 15 is 0 Å². The van der Waals surface area contributed by atoms with Gasteiger partial charge < -0.3 is 4.42 Å². The molecule has 0 aliphatic rings. The maximum atomic E-state index is 12.2. The molecule has 0 aliphatic carbocycles. The summed E-state index contributed by atoms with van der Waals surface area (Å²) in [7, 11) is 0. The third-order valence-electron chi connectivity index (χ3n) is 2.30. The van der Waals surface area contributed by atoms with Gasteiger partial charge in [-0.1, -0.05) is 34.8 Å². The van der Waals surface area contributed by atoms with Crippen molar-refractivity contribution in [2.24, 2.45) is 0 Å². The van der Waals surface area contributed by atoms with Crippen LogP contribution in [0.5, 0.6) is 0 Å². The lowest BCUT2D eigenvalue weighted by atomic mass is 10.1. The molecule has 0 bridgehead atoms. The average molecular weight is 290 g/mol. The molecule has 0 unspecified atom stereocenters. The van der Waals surface area contributed by atoms with Crippen LogP contribution in [0.25, 0.3) is 0 Å². The van der Waals surface area contributed by atoms with Crippen molar-refractivity contribution in [3.8, 4) is 0 Å². The fraction of sp³-hybridized carbons (Fsp3) is 0.0833. The van der Waals surface area contributed by atoms with E-state index in [0.717, 1.165) is 5.56 Å². The van der Waals surface area contributed by atoms with Crippen LogP contribution in [0.1, 0.15) is 21.7 Å². The summed E-state index contributed by atoms with van der Waals surface area (Å²) in [6.07, 6.45) is 1.44. The third-order valence-corrected chi connectivity index (χ3v) is 3.12. The molecular formula is C12H7Cl3O2. The molecule has 88 valence electrons. The highest BCUT2D eigenvalue weighted by molar-refractivity contribution is 6.43. The molecule has 0 N–H and O–H groups in total. The van der Waals surface area contributed by atoms with E-state index in [2.05, 4.69) is 0 Å². The number of hydrogen-bond acceptors (Lipinski definition) is 2. The second-order valence-electron chi connectivity index (χ2n) is 3.51. The number of benzene rings is 1. The van der Waals surface area contributed by atoms with E-state index < -0.39 is 0 Å². The Hall–Kier alpha value is -0.960. The molecule has 0 spiro atoms. The molecule has 2 aromatic rings. The van der Waals surface area contributed by atoms with E-state index in [0.29, 0.717) is 5.02 Å². The normalized spacial score (nSPS) is 10.6. The number of carbonyl (C=O) groups excluding carboxylic acids is 1. The van der Waals surface area contributed by atoms with Crippen molar-refractivity contribution in [3.05, 3.63) is 56.4 Å². The van der Waals surface area contributed by atoms with Gasteiger partial charge in [-0.25, -0.2) is 0 Å². The minimum absolute atomic E-state index is 0.204. The van der Waals surface area contributed by atoms with Crippen molar-refractivity contribution in [1.82, 2.24) is 0 Å². The molecule has 0 saturated heterocycles. The molecule has 2 rings (SSSR count). The van der Waals surface area contributed by atoms with Crippen LogP contribution in [0.15, 0.2) is 28.9 Å². The second kappa shape index (κ2) is 4.73. The largest absolute Gasteiger partial charge is 0.461 e. The zero-order valence-corrected chi connectivity index (χ0v) is 11.0. The quantitative estimate of drug-likeness (QED) is 0.745. The van der Waals surface area contributed by atoms with Gasteiger partial charge in [0.2, 0.25) is 5.78 Å². The lowest BCUT2D eigenvalue weighted by Crippen LogP contribution is -2.03. The summed E-state index contributed by atoms with van der Waals surface area (Å²) in [4.78, 5) is 12.2. The molecule has 1 heterocycles. The summed E-state index contributed by atoms with van der Waals surface area (Å²) >= 11 is 17.7. The first-order chi connectivity index (χ1) is 8.00. The molecule has 17 heavy (non-hydrogen) atoms. The van der Waals surface area contributed by atoms with Gasteiger partial charge in [0.05, 0.1) is 21.9 Å². The van der Waals surface area contributed by atoms with E-state index in [1.165, 1.54) is 18.4 Å². The Labute approximate surface area is 113 Å². The Bertz CT molecular complexity index is 564. The lowest BCUT2D eigenvalue weighted by molar-refractivity contribution is 0.101. The minimum Gasteiger partial charge on any atom is -0.461 e. The predicted molar refractivity (Wildman–Crippen MR) is 68.3 cm³/mol. The van der Waals surface area contributed by atoms with E-state index in [1.54, 1.807) is 13.0 Å². The zero-order valence-electron chi connectivity index (χ0n) is 8.76. The first kappa shape index (κ1) is 12.5. The average Bonchev–Trinajstić information content (AvgIpc) is 2.62. The van der Waals surface area contributed by atoms with Crippen LogP contribution in [0.4, 0.5) is 0 Å². The van der Waals surface area contributed by atoms with Gasteiger partial charge in [-0.2, -0.15) is 0 Å². The van der Waals surface area contributed by atoms with Crippen molar-refractivity contribution >= 4 is 40.6 Å². The predicted octanol–water partition coefficient (Wildman–Crippen LogP) is 4.78. The number of carbonyl (C=O) groups is 1. The van der Waals surface area contributed by atoms with Crippen molar-refractivity contribution in [1.29, 1.82) is 0 Å². The minimum atomic E-state index is -0.348. The number of ketones is 1. The standard InChI is InChI=1S/C12H7Cl3O2/c1-6-2-3-17-12(6)11(16)10-8(14)4-7(13)5-9(10)15/h2-5H,1H3. The number of furan rings is 1. The molecule has 0 saturated carbocycles. The fourth-order valence-corrected chi connectivity index (χ4v) is 2.47. The number of aryl methyl sites for hydroxylation is 1. The van der Waals surface area contributed by atoms with Crippen molar-refractivity contribution < 1.29 is 9.21 Å². The fourth-order valence-electron chi connectivity index (χ4n) is 1.48. The van der Waals surface area contributed by atoms with Crippen LogP contribution >= 0.6 is 34.8 Å². The van der Waals surface area contributed by atoms with Gasteiger partial charge >= 0.3 is 0 Å². The smallest absolute Gasteiger partial charge is 0.231 e. The maximum Gasteiger partial charge on any atom is 0.231 e. The molecular weight excluding hydrogens is 282 g/mol. The van der Waals surface area contributed by atoms with E-state index in [1.807, 2.05) is 0 Å². The van der Waals surface area contributed by atoms with Gasteiger partial charge in [-0.3, -0.25) is 4.79 Å². The van der Waals surface area contributed by atoms with Crippen molar-refractivity contribution in [3.63, 3.8) is 0 Å². The first-order valence-corrected chi connectivity index (χ1v) is 5.87. The summed E-state index contributed by atoms with van der Waals surface area (Å²) in [5.74, 6) is -0.115. The van der Waals surface area contributed by atoms with Gasteiger partial charge in [0.1, 0.15) is 0 Å². The summed E-state index contributed by atoms with van der Waals surface area (Å²) < 4.78 is 5.12. The Morgan fingerprint density at radius 1 is 1.18 bits per heavy atom.